The van der Waals surface area contributed by atoms with Gasteiger partial charge in [0.2, 0.25) is 0 Å². The molecule has 6 heteroatoms. The Kier molecular flexibility index (Phi) is 3.52. The molecule has 0 saturated heterocycles. The molecule has 0 saturated carbocycles. The van der Waals surface area contributed by atoms with Crippen molar-refractivity contribution >= 4 is 31.5 Å². The molecule has 1 aromatic heterocycles. The largest absolute Gasteiger partial charge is 1.00 e. The maximum absolute atomic E-state index is 10.8. The molecule has 1 aromatic carbocycles. The van der Waals surface area contributed by atoms with Crippen molar-refractivity contribution in [3.63, 3.8) is 0 Å². The number of hydrogen-bond donors (Lipinski definition) is 1. The maximum atomic E-state index is 10.8. The van der Waals surface area contributed by atoms with E-state index < -0.39 is 10.1 Å². The van der Waals surface area contributed by atoms with Gasteiger partial charge < -0.3 is 0 Å². The van der Waals surface area contributed by atoms with Gasteiger partial charge in [-0.2, -0.15) is 8.42 Å². The predicted octanol–water partition coefficient (Wildman–Crippen LogP) is 2.15. The Balaban J connectivity index is 0.000000980. The van der Waals surface area contributed by atoms with E-state index in [1.54, 1.807) is 6.07 Å². The Labute approximate surface area is 101 Å². The zero-order valence-corrected chi connectivity index (χ0v) is 9.88. The van der Waals surface area contributed by atoms with Crippen LogP contribution in [0.4, 0.5) is 0 Å². The van der Waals surface area contributed by atoms with Gasteiger partial charge in [0.05, 0.1) is 0 Å². The van der Waals surface area contributed by atoms with E-state index in [0.717, 1.165) is 21.4 Å². The van der Waals surface area contributed by atoms with Crippen LogP contribution in [-0.2, 0) is 32.5 Å². The molecule has 0 aliphatic rings. The molecule has 0 aliphatic heterocycles. The predicted molar refractivity (Wildman–Crippen MR) is 51.6 cm³/mol. The van der Waals surface area contributed by atoms with Gasteiger partial charge in [-0.05, 0) is 17.5 Å². The molecule has 1 N–H and O–H groups in total. The van der Waals surface area contributed by atoms with Gasteiger partial charge in [-0.15, -0.1) is 11.3 Å². The van der Waals surface area contributed by atoms with Crippen LogP contribution < -0.4 is 0 Å². The van der Waals surface area contributed by atoms with E-state index in [1.165, 1.54) is 6.07 Å². The van der Waals surface area contributed by atoms with Crippen molar-refractivity contribution in [3.8, 4) is 0 Å². The Morgan fingerprint density at radius 1 is 1.21 bits per heavy atom. The standard InChI is InChI=1S/C8H6O3S2.Ag/c9-13(10,11)8-5-6-3-1-2-4-7(6)12-8;/h1-5H,(H,9,10,11);/q;+1. The Hall–Kier alpha value is -0.170. The van der Waals surface area contributed by atoms with E-state index in [1.807, 2.05) is 18.2 Å². The molecule has 14 heavy (non-hydrogen) atoms. The normalized spacial score (nSPS) is 11.2. The van der Waals surface area contributed by atoms with E-state index in [9.17, 15) is 8.42 Å². The first kappa shape index (κ1) is 11.9. The molecule has 78 valence electrons. The number of rotatable bonds is 1. The molecule has 0 amide bonds. The molecule has 2 aromatic rings. The van der Waals surface area contributed by atoms with Crippen molar-refractivity contribution in [2.45, 2.75) is 4.21 Å². The van der Waals surface area contributed by atoms with Gasteiger partial charge in [-0.3, -0.25) is 4.55 Å². The summed E-state index contributed by atoms with van der Waals surface area (Å²) in [6.45, 7) is 0. The van der Waals surface area contributed by atoms with Crippen molar-refractivity contribution in [2.75, 3.05) is 0 Å². The van der Waals surface area contributed by atoms with E-state index >= 15 is 0 Å². The van der Waals surface area contributed by atoms with Crippen LogP contribution in [0.1, 0.15) is 0 Å². The van der Waals surface area contributed by atoms with E-state index in [4.69, 9.17) is 4.55 Å². The van der Waals surface area contributed by atoms with Crippen molar-refractivity contribution in [1.29, 1.82) is 0 Å². The Bertz CT molecular complexity index is 511. The first-order valence-electron chi connectivity index (χ1n) is 3.53. The molecule has 0 unspecified atom stereocenters. The average Bonchev–Trinajstić information content (AvgIpc) is 2.45. The number of hydrogen-bond acceptors (Lipinski definition) is 3. The summed E-state index contributed by atoms with van der Waals surface area (Å²) in [5.74, 6) is 0. The monoisotopic (exact) mass is 321 g/mol. The summed E-state index contributed by atoms with van der Waals surface area (Å²) in [7, 11) is -4.05. The minimum atomic E-state index is -4.05. The Morgan fingerprint density at radius 2 is 1.86 bits per heavy atom. The molecule has 0 radical (unpaired) electrons. The van der Waals surface area contributed by atoms with Crippen LogP contribution in [0.3, 0.4) is 0 Å². The quantitative estimate of drug-likeness (QED) is 0.646. The second-order valence-electron chi connectivity index (χ2n) is 2.58. The number of thiophene rings is 1. The second kappa shape index (κ2) is 4.14. The van der Waals surface area contributed by atoms with Gasteiger partial charge >= 0.3 is 32.5 Å². The molecule has 3 nitrogen and oxygen atoms in total. The van der Waals surface area contributed by atoms with Gasteiger partial charge in [-0.25, -0.2) is 0 Å². The molecule has 0 fully saturated rings. The van der Waals surface area contributed by atoms with Crippen LogP contribution >= 0.6 is 11.3 Å². The zero-order valence-electron chi connectivity index (χ0n) is 6.77. The molecule has 1 heterocycles. The molecular formula is C8H6AgO3S2+. The van der Waals surface area contributed by atoms with Crippen LogP contribution in [-0.4, -0.2) is 13.0 Å². The summed E-state index contributed by atoms with van der Waals surface area (Å²) in [6.07, 6.45) is 0. The molecule has 0 aliphatic carbocycles. The van der Waals surface area contributed by atoms with Crippen molar-refractivity contribution in [1.82, 2.24) is 0 Å². The first-order valence-corrected chi connectivity index (χ1v) is 5.79. The van der Waals surface area contributed by atoms with Crippen LogP contribution in [0.5, 0.6) is 0 Å². The zero-order chi connectivity index (χ0) is 9.47. The van der Waals surface area contributed by atoms with Crippen molar-refractivity contribution in [3.05, 3.63) is 30.3 Å². The van der Waals surface area contributed by atoms with Gasteiger partial charge in [0, 0.05) is 4.70 Å². The Morgan fingerprint density at radius 3 is 2.43 bits per heavy atom. The summed E-state index contributed by atoms with van der Waals surface area (Å²) >= 11 is 1.07. The minimum absolute atomic E-state index is 0. The summed E-state index contributed by atoms with van der Waals surface area (Å²) in [5, 5.41) is 0.833. The summed E-state index contributed by atoms with van der Waals surface area (Å²) in [4.78, 5) is 0. The SMILES string of the molecule is O=S(=O)(O)c1cc2ccccc2s1.[Ag+]. The van der Waals surface area contributed by atoms with Crippen molar-refractivity contribution in [2.24, 2.45) is 0 Å². The van der Waals surface area contributed by atoms with Crippen LogP contribution in [0.25, 0.3) is 10.1 Å². The fraction of sp³-hybridized carbons (Fsp3) is 0. The minimum Gasteiger partial charge on any atom is -0.281 e. The van der Waals surface area contributed by atoms with Gasteiger partial charge in [0.1, 0.15) is 4.21 Å². The fourth-order valence-corrected chi connectivity index (χ4v) is 2.85. The third-order valence-corrected chi connectivity index (χ3v) is 4.08. The summed E-state index contributed by atoms with van der Waals surface area (Å²) < 4.78 is 31.2. The first-order chi connectivity index (χ1) is 6.07. The van der Waals surface area contributed by atoms with Crippen molar-refractivity contribution < 1.29 is 35.4 Å². The topological polar surface area (TPSA) is 54.4 Å². The molecule has 2 rings (SSSR count). The van der Waals surface area contributed by atoms with Crippen LogP contribution in [0, 0.1) is 0 Å². The fourth-order valence-electron chi connectivity index (χ4n) is 1.08. The maximum Gasteiger partial charge on any atom is 1.00 e. The van der Waals surface area contributed by atoms with Crippen LogP contribution in [0.2, 0.25) is 0 Å². The second-order valence-corrected chi connectivity index (χ2v) is 5.31. The molecule has 0 bridgehead atoms. The van der Waals surface area contributed by atoms with E-state index in [0.29, 0.717) is 0 Å². The molecule has 0 atom stereocenters. The summed E-state index contributed by atoms with van der Waals surface area (Å²) in [5.41, 5.74) is 0. The smallest absolute Gasteiger partial charge is 0.281 e. The molecular weight excluding hydrogens is 316 g/mol. The third-order valence-electron chi connectivity index (χ3n) is 1.66. The van der Waals surface area contributed by atoms with Gasteiger partial charge in [0.25, 0.3) is 0 Å². The van der Waals surface area contributed by atoms with E-state index in [2.05, 4.69) is 0 Å². The van der Waals surface area contributed by atoms with Gasteiger partial charge in [-0.1, -0.05) is 18.2 Å². The third kappa shape index (κ3) is 2.25. The molecule has 0 spiro atoms. The van der Waals surface area contributed by atoms with Crippen LogP contribution in [0.15, 0.2) is 34.5 Å². The summed E-state index contributed by atoms with van der Waals surface area (Å²) in [6, 6.07) is 8.74. The average molecular weight is 322 g/mol. The number of fused-ring (bicyclic) bond motifs is 1. The van der Waals surface area contributed by atoms with Gasteiger partial charge in [0.15, 0.2) is 0 Å². The van der Waals surface area contributed by atoms with E-state index in [-0.39, 0.29) is 26.6 Å². The number of benzene rings is 1.